The van der Waals surface area contributed by atoms with Crippen LogP contribution in [0.1, 0.15) is 33.3 Å². The van der Waals surface area contributed by atoms with Crippen molar-refractivity contribution in [3.63, 3.8) is 0 Å². The van der Waals surface area contributed by atoms with Gasteiger partial charge in [-0.3, -0.25) is 4.90 Å². The number of pyridine rings is 1. The van der Waals surface area contributed by atoms with Crippen LogP contribution >= 0.6 is 0 Å². The highest BCUT2D eigenvalue weighted by atomic mass is 15.1. The Hall–Kier alpha value is -1.09. The molecule has 0 aliphatic rings. The molecule has 0 amide bonds. The van der Waals surface area contributed by atoms with E-state index in [4.69, 9.17) is 0 Å². The van der Waals surface area contributed by atoms with Gasteiger partial charge < -0.3 is 5.32 Å². The van der Waals surface area contributed by atoms with E-state index in [1.165, 1.54) is 5.56 Å². The summed E-state index contributed by atoms with van der Waals surface area (Å²) in [5.41, 5.74) is 1.31. The van der Waals surface area contributed by atoms with Crippen LogP contribution in [0.5, 0.6) is 0 Å². The average Bonchev–Trinajstić information content (AvgIpc) is 2.28. The van der Waals surface area contributed by atoms with E-state index >= 15 is 0 Å². The zero-order valence-electron chi connectivity index (χ0n) is 11.7. The Balaban J connectivity index is 2.64. The SMILES string of the molecule is CCNc1cc(CN(C)C(C)C(C)C)ccn1. The second-order valence-corrected chi connectivity index (χ2v) is 4.98. The van der Waals surface area contributed by atoms with E-state index in [9.17, 15) is 0 Å². The fourth-order valence-electron chi connectivity index (χ4n) is 1.79. The van der Waals surface area contributed by atoms with Gasteiger partial charge in [0.25, 0.3) is 0 Å². The van der Waals surface area contributed by atoms with Gasteiger partial charge in [0.2, 0.25) is 0 Å². The molecule has 0 fully saturated rings. The van der Waals surface area contributed by atoms with E-state index in [0.717, 1.165) is 18.9 Å². The van der Waals surface area contributed by atoms with Gasteiger partial charge in [0, 0.05) is 25.3 Å². The highest BCUT2D eigenvalue weighted by molar-refractivity contribution is 5.37. The molecule has 0 radical (unpaired) electrons. The maximum Gasteiger partial charge on any atom is 0.126 e. The predicted octanol–water partition coefficient (Wildman–Crippen LogP) is 2.99. The van der Waals surface area contributed by atoms with Crippen molar-refractivity contribution in [3.05, 3.63) is 23.9 Å². The Bertz CT molecular complexity index is 336. The Labute approximate surface area is 105 Å². The summed E-state index contributed by atoms with van der Waals surface area (Å²) in [6.07, 6.45) is 1.88. The highest BCUT2D eigenvalue weighted by Crippen LogP contribution is 2.13. The lowest BCUT2D eigenvalue weighted by Crippen LogP contribution is -2.32. The standard InChI is InChI=1S/C14H25N3/c1-6-15-14-9-13(7-8-16-14)10-17(5)12(4)11(2)3/h7-9,11-12H,6,10H2,1-5H3,(H,15,16). The van der Waals surface area contributed by atoms with Gasteiger partial charge in [-0.25, -0.2) is 4.98 Å². The summed E-state index contributed by atoms with van der Waals surface area (Å²) >= 11 is 0. The van der Waals surface area contributed by atoms with Crippen molar-refractivity contribution in [2.24, 2.45) is 5.92 Å². The van der Waals surface area contributed by atoms with Crippen LogP contribution in [-0.4, -0.2) is 29.5 Å². The van der Waals surface area contributed by atoms with Crippen LogP contribution in [0.15, 0.2) is 18.3 Å². The molecular formula is C14H25N3. The minimum absolute atomic E-state index is 0.589. The molecule has 1 aromatic rings. The van der Waals surface area contributed by atoms with E-state index in [1.54, 1.807) is 0 Å². The fraction of sp³-hybridized carbons (Fsp3) is 0.643. The van der Waals surface area contributed by atoms with E-state index in [2.05, 4.69) is 62.1 Å². The van der Waals surface area contributed by atoms with E-state index < -0.39 is 0 Å². The number of nitrogens with one attached hydrogen (secondary N) is 1. The lowest BCUT2D eigenvalue weighted by atomic mass is 10.0. The van der Waals surface area contributed by atoms with Gasteiger partial charge in [0.15, 0.2) is 0 Å². The summed E-state index contributed by atoms with van der Waals surface area (Å²) in [5.74, 6) is 1.64. The maximum absolute atomic E-state index is 4.29. The van der Waals surface area contributed by atoms with Gasteiger partial charge >= 0.3 is 0 Å². The predicted molar refractivity (Wildman–Crippen MR) is 74.2 cm³/mol. The quantitative estimate of drug-likeness (QED) is 0.821. The zero-order valence-corrected chi connectivity index (χ0v) is 11.7. The minimum Gasteiger partial charge on any atom is -0.370 e. The summed E-state index contributed by atoms with van der Waals surface area (Å²) < 4.78 is 0. The summed E-state index contributed by atoms with van der Waals surface area (Å²) in [6.45, 7) is 10.8. The third kappa shape index (κ3) is 4.35. The number of anilines is 1. The van der Waals surface area contributed by atoms with Gasteiger partial charge in [0.1, 0.15) is 5.82 Å². The lowest BCUT2D eigenvalue weighted by Gasteiger charge is -2.27. The summed E-state index contributed by atoms with van der Waals surface area (Å²) in [6, 6.07) is 4.81. The topological polar surface area (TPSA) is 28.2 Å². The molecule has 0 aromatic carbocycles. The van der Waals surface area contributed by atoms with Crippen LogP contribution in [0, 0.1) is 5.92 Å². The van der Waals surface area contributed by atoms with Crippen molar-refractivity contribution in [3.8, 4) is 0 Å². The van der Waals surface area contributed by atoms with Crippen LogP contribution in [0.3, 0.4) is 0 Å². The molecule has 1 atom stereocenters. The van der Waals surface area contributed by atoms with Gasteiger partial charge in [-0.05, 0) is 44.5 Å². The molecule has 17 heavy (non-hydrogen) atoms. The van der Waals surface area contributed by atoms with Crippen molar-refractivity contribution in [2.75, 3.05) is 18.9 Å². The van der Waals surface area contributed by atoms with Crippen molar-refractivity contribution in [1.29, 1.82) is 0 Å². The molecule has 0 aliphatic carbocycles. The largest absolute Gasteiger partial charge is 0.370 e. The van der Waals surface area contributed by atoms with Gasteiger partial charge in [-0.15, -0.1) is 0 Å². The second kappa shape index (κ2) is 6.60. The van der Waals surface area contributed by atoms with Crippen LogP contribution in [-0.2, 0) is 6.54 Å². The Morgan fingerprint density at radius 3 is 2.65 bits per heavy atom. The first-order chi connectivity index (χ1) is 8.04. The molecule has 1 unspecified atom stereocenters. The molecule has 1 aromatic heterocycles. The molecule has 3 nitrogen and oxygen atoms in total. The zero-order chi connectivity index (χ0) is 12.8. The molecule has 0 bridgehead atoms. The second-order valence-electron chi connectivity index (χ2n) is 4.98. The molecule has 1 rings (SSSR count). The third-order valence-electron chi connectivity index (χ3n) is 3.27. The smallest absolute Gasteiger partial charge is 0.126 e. The normalized spacial score (nSPS) is 13.1. The molecular weight excluding hydrogens is 210 g/mol. The number of hydrogen-bond donors (Lipinski definition) is 1. The van der Waals surface area contributed by atoms with E-state index in [-0.39, 0.29) is 0 Å². The molecule has 1 N–H and O–H groups in total. The van der Waals surface area contributed by atoms with Gasteiger partial charge in [-0.1, -0.05) is 13.8 Å². The molecule has 1 heterocycles. The maximum atomic E-state index is 4.29. The first-order valence-corrected chi connectivity index (χ1v) is 6.43. The van der Waals surface area contributed by atoms with Crippen LogP contribution < -0.4 is 5.32 Å². The monoisotopic (exact) mass is 235 g/mol. The summed E-state index contributed by atoms with van der Waals surface area (Å²) in [4.78, 5) is 6.67. The van der Waals surface area contributed by atoms with Crippen molar-refractivity contribution in [2.45, 2.75) is 40.3 Å². The Morgan fingerprint density at radius 2 is 2.06 bits per heavy atom. The van der Waals surface area contributed by atoms with Gasteiger partial charge in [0.05, 0.1) is 0 Å². The lowest BCUT2D eigenvalue weighted by molar-refractivity contribution is 0.200. The minimum atomic E-state index is 0.589. The average molecular weight is 235 g/mol. The van der Waals surface area contributed by atoms with Crippen molar-refractivity contribution >= 4 is 5.82 Å². The molecule has 0 saturated heterocycles. The molecule has 0 saturated carbocycles. The van der Waals surface area contributed by atoms with Crippen molar-refractivity contribution in [1.82, 2.24) is 9.88 Å². The molecule has 96 valence electrons. The molecule has 0 spiro atoms. The third-order valence-corrected chi connectivity index (χ3v) is 3.27. The molecule has 0 aliphatic heterocycles. The van der Waals surface area contributed by atoms with Gasteiger partial charge in [-0.2, -0.15) is 0 Å². The van der Waals surface area contributed by atoms with Crippen molar-refractivity contribution < 1.29 is 0 Å². The number of rotatable bonds is 6. The summed E-state index contributed by atoms with van der Waals surface area (Å²) in [7, 11) is 2.18. The first kappa shape index (κ1) is 14.0. The number of aromatic nitrogens is 1. The Morgan fingerprint density at radius 1 is 1.35 bits per heavy atom. The van der Waals surface area contributed by atoms with Crippen LogP contribution in [0.4, 0.5) is 5.82 Å². The number of nitrogens with zero attached hydrogens (tertiary/aromatic N) is 2. The number of hydrogen-bond acceptors (Lipinski definition) is 3. The van der Waals surface area contributed by atoms with Crippen LogP contribution in [0.25, 0.3) is 0 Å². The summed E-state index contributed by atoms with van der Waals surface area (Å²) in [5, 5.41) is 3.24. The van der Waals surface area contributed by atoms with E-state index in [1.807, 2.05) is 6.20 Å². The molecule has 3 heteroatoms. The first-order valence-electron chi connectivity index (χ1n) is 6.43. The van der Waals surface area contributed by atoms with E-state index in [0.29, 0.717) is 12.0 Å². The Kier molecular flexibility index (Phi) is 5.42. The fourth-order valence-corrected chi connectivity index (χ4v) is 1.79. The highest BCUT2D eigenvalue weighted by Gasteiger charge is 2.13. The van der Waals surface area contributed by atoms with Crippen LogP contribution in [0.2, 0.25) is 0 Å².